The van der Waals surface area contributed by atoms with Gasteiger partial charge in [-0.05, 0) is 29.8 Å². The maximum Gasteiger partial charge on any atom is 0.338 e. The summed E-state index contributed by atoms with van der Waals surface area (Å²) < 4.78 is 6.59. The molecular formula is C19H16Cl2N4O3. The van der Waals surface area contributed by atoms with Crippen LogP contribution < -0.4 is 11.1 Å². The maximum atomic E-state index is 12.1. The van der Waals surface area contributed by atoms with E-state index in [1.54, 1.807) is 23.0 Å². The molecule has 0 aliphatic rings. The van der Waals surface area contributed by atoms with Crippen LogP contribution in [-0.2, 0) is 16.1 Å². The molecule has 144 valence electrons. The molecule has 0 atom stereocenters. The molecule has 0 saturated heterocycles. The zero-order valence-electron chi connectivity index (χ0n) is 14.6. The number of nitrogens with one attached hydrogen (secondary N) is 1. The molecule has 2 aromatic carbocycles. The number of hydrogen-bond donors (Lipinski definition) is 2. The van der Waals surface area contributed by atoms with Crippen LogP contribution in [0.3, 0.4) is 0 Å². The molecule has 0 bridgehead atoms. The van der Waals surface area contributed by atoms with Gasteiger partial charge in [0.05, 0.1) is 29.0 Å². The highest BCUT2D eigenvalue weighted by Gasteiger charge is 2.13. The Morgan fingerprint density at radius 1 is 1.11 bits per heavy atom. The standard InChI is InChI=1S/C19H16Cl2N4O3/c20-14-4-2-1-3-13(14)10-25-17(7-8-23-25)24-18(26)11-28-19(27)12-5-6-15(21)16(22)9-12/h1-9H,10-11,22H2,(H,24,26). The number of esters is 1. The minimum atomic E-state index is -0.678. The summed E-state index contributed by atoms with van der Waals surface area (Å²) in [5, 5.41) is 7.77. The fourth-order valence-electron chi connectivity index (χ4n) is 2.42. The molecule has 1 heterocycles. The number of hydrogen-bond acceptors (Lipinski definition) is 5. The van der Waals surface area contributed by atoms with E-state index < -0.39 is 18.5 Å². The third-order valence-electron chi connectivity index (χ3n) is 3.83. The fraction of sp³-hybridized carbons (Fsp3) is 0.105. The molecule has 3 rings (SSSR count). The Balaban J connectivity index is 1.58. The molecule has 28 heavy (non-hydrogen) atoms. The molecule has 1 aromatic heterocycles. The zero-order valence-corrected chi connectivity index (χ0v) is 16.1. The third-order valence-corrected chi connectivity index (χ3v) is 4.54. The van der Waals surface area contributed by atoms with Crippen molar-refractivity contribution in [2.24, 2.45) is 0 Å². The van der Waals surface area contributed by atoms with Crippen molar-refractivity contribution in [2.45, 2.75) is 6.54 Å². The van der Waals surface area contributed by atoms with Crippen LogP contribution in [0.15, 0.2) is 54.7 Å². The highest BCUT2D eigenvalue weighted by atomic mass is 35.5. The van der Waals surface area contributed by atoms with Crippen molar-refractivity contribution in [3.63, 3.8) is 0 Å². The van der Waals surface area contributed by atoms with Crippen molar-refractivity contribution in [1.29, 1.82) is 0 Å². The molecule has 0 aliphatic heterocycles. The van der Waals surface area contributed by atoms with Gasteiger partial charge in [-0.15, -0.1) is 0 Å². The van der Waals surface area contributed by atoms with E-state index >= 15 is 0 Å². The number of nitrogens with two attached hydrogens (primary N) is 1. The SMILES string of the molecule is Nc1cc(C(=O)OCC(=O)Nc2ccnn2Cc2ccccc2Cl)ccc1Cl. The van der Waals surface area contributed by atoms with E-state index in [0.29, 0.717) is 22.4 Å². The largest absolute Gasteiger partial charge is 0.452 e. The van der Waals surface area contributed by atoms with E-state index in [1.165, 1.54) is 18.2 Å². The molecule has 3 aromatic rings. The van der Waals surface area contributed by atoms with Crippen LogP contribution in [0.5, 0.6) is 0 Å². The topological polar surface area (TPSA) is 99.2 Å². The Bertz CT molecular complexity index is 1020. The van der Waals surface area contributed by atoms with Crippen molar-refractivity contribution in [1.82, 2.24) is 9.78 Å². The number of benzene rings is 2. The zero-order chi connectivity index (χ0) is 20.1. The first-order chi connectivity index (χ1) is 13.4. The molecule has 1 amide bonds. The third kappa shape index (κ3) is 4.82. The van der Waals surface area contributed by atoms with Crippen LogP contribution in [0.4, 0.5) is 11.5 Å². The van der Waals surface area contributed by atoms with E-state index in [0.717, 1.165) is 5.56 Å². The van der Waals surface area contributed by atoms with Crippen molar-refractivity contribution in [3.8, 4) is 0 Å². The summed E-state index contributed by atoms with van der Waals surface area (Å²) in [5.74, 6) is -0.726. The first-order valence-corrected chi connectivity index (χ1v) is 8.97. The Morgan fingerprint density at radius 2 is 1.89 bits per heavy atom. The highest BCUT2D eigenvalue weighted by molar-refractivity contribution is 6.33. The van der Waals surface area contributed by atoms with Gasteiger partial charge >= 0.3 is 5.97 Å². The molecule has 9 heteroatoms. The van der Waals surface area contributed by atoms with Crippen LogP contribution >= 0.6 is 23.2 Å². The molecule has 0 fully saturated rings. The summed E-state index contributed by atoms with van der Waals surface area (Å²) in [5.41, 5.74) is 6.97. The number of ether oxygens (including phenoxy) is 1. The van der Waals surface area contributed by atoms with Gasteiger partial charge in [0.15, 0.2) is 6.61 Å². The van der Waals surface area contributed by atoms with E-state index in [9.17, 15) is 9.59 Å². The van der Waals surface area contributed by atoms with Gasteiger partial charge in [-0.3, -0.25) is 4.79 Å². The van der Waals surface area contributed by atoms with Gasteiger partial charge in [0.25, 0.3) is 5.91 Å². The van der Waals surface area contributed by atoms with Gasteiger partial charge < -0.3 is 15.8 Å². The number of rotatable bonds is 6. The number of aromatic nitrogens is 2. The predicted molar refractivity (Wildman–Crippen MR) is 108 cm³/mol. The average Bonchev–Trinajstić information content (AvgIpc) is 3.10. The second kappa shape index (κ2) is 8.77. The molecular weight excluding hydrogens is 403 g/mol. The number of nitrogen functional groups attached to an aromatic ring is 1. The van der Waals surface area contributed by atoms with Crippen LogP contribution in [-0.4, -0.2) is 28.3 Å². The number of carbonyl (C=O) groups excluding carboxylic acids is 2. The van der Waals surface area contributed by atoms with Crippen molar-refractivity contribution >= 4 is 46.6 Å². The maximum absolute atomic E-state index is 12.1. The van der Waals surface area contributed by atoms with Crippen LogP contribution in [0.25, 0.3) is 0 Å². The number of nitrogens with zero attached hydrogens (tertiary/aromatic N) is 2. The number of amides is 1. The Kier molecular flexibility index (Phi) is 6.18. The van der Waals surface area contributed by atoms with Crippen LogP contribution in [0.2, 0.25) is 10.0 Å². The summed E-state index contributed by atoms with van der Waals surface area (Å²) in [7, 11) is 0. The summed E-state index contributed by atoms with van der Waals surface area (Å²) in [6, 6.07) is 13.3. The molecule has 7 nitrogen and oxygen atoms in total. The lowest BCUT2D eigenvalue weighted by Gasteiger charge is -2.10. The lowest BCUT2D eigenvalue weighted by molar-refractivity contribution is -0.119. The van der Waals surface area contributed by atoms with Crippen molar-refractivity contribution < 1.29 is 14.3 Å². The summed E-state index contributed by atoms with van der Waals surface area (Å²) in [4.78, 5) is 24.2. The molecule has 0 spiro atoms. The van der Waals surface area contributed by atoms with Gasteiger partial charge in [0.2, 0.25) is 0 Å². The Labute approximate surface area is 171 Å². The second-order valence-electron chi connectivity index (χ2n) is 5.83. The van der Waals surface area contributed by atoms with Gasteiger partial charge in [0, 0.05) is 11.1 Å². The quantitative estimate of drug-likeness (QED) is 0.470. The van der Waals surface area contributed by atoms with Crippen molar-refractivity contribution in [3.05, 3.63) is 75.9 Å². The normalized spacial score (nSPS) is 10.5. The smallest absolute Gasteiger partial charge is 0.338 e. The number of carbonyl (C=O) groups is 2. The summed E-state index contributed by atoms with van der Waals surface area (Å²) in [6.07, 6.45) is 1.55. The molecule has 3 N–H and O–H groups in total. The number of anilines is 2. The lowest BCUT2D eigenvalue weighted by Crippen LogP contribution is -2.22. The van der Waals surface area contributed by atoms with Gasteiger partial charge in [0.1, 0.15) is 5.82 Å². The lowest BCUT2D eigenvalue weighted by atomic mass is 10.2. The molecule has 0 aliphatic carbocycles. The molecule has 0 radical (unpaired) electrons. The Morgan fingerprint density at radius 3 is 2.64 bits per heavy atom. The van der Waals surface area contributed by atoms with E-state index in [2.05, 4.69) is 10.4 Å². The highest BCUT2D eigenvalue weighted by Crippen LogP contribution is 2.20. The van der Waals surface area contributed by atoms with E-state index in [1.807, 2.05) is 18.2 Å². The van der Waals surface area contributed by atoms with E-state index in [4.69, 9.17) is 33.7 Å². The number of halogens is 2. The minimum Gasteiger partial charge on any atom is -0.452 e. The first-order valence-electron chi connectivity index (χ1n) is 8.21. The monoisotopic (exact) mass is 418 g/mol. The first kappa shape index (κ1) is 19.7. The van der Waals surface area contributed by atoms with E-state index in [-0.39, 0.29) is 11.3 Å². The van der Waals surface area contributed by atoms with Crippen LogP contribution in [0, 0.1) is 0 Å². The molecule has 0 unspecified atom stereocenters. The van der Waals surface area contributed by atoms with Crippen molar-refractivity contribution in [2.75, 3.05) is 17.7 Å². The minimum absolute atomic E-state index is 0.207. The summed E-state index contributed by atoms with van der Waals surface area (Å²) in [6.45, 7) is -0.0786. The van der Waals surface area contributed by atoms with Gasteiger partial charge in [-0.2, -0.15) is 5.10 Å². The molecule has 0 saturated carbocycles. The Hall–Kier alpha value is -3.03. The fourth-order valence-corrected chi connectivity index (χ4v) is 2.73. The predicted octanol–water partition coefficient (Wildman–Crippen LogP) is 3.62. The van der Waals surface area contributed by atoms with Gasteiger partial charge in [-0.1, -0.05) is 41.4 Å². The summed E-state index contributed by atoms with van der Waals surface area (Å²) >= 11 is 12.0. The van der Waals surface area contributed by atoms with Gasteiger partial charge in [-0.25, -0.2) is 9.48 Å². The van der Waals surface area contributed by atoms with Crippen LogP contribution in [0.1, 0.15) is 15.9 Å². The average molecular weight is 419 g/mol. The second-order valence-corrected chi connectivity index (χ2v) is 6.64.